The minimum atomic E-state index is -5.28. The SMILES string of the molecule is CCOC(=O)OCC#Cc1cc(-c2cccnc2)cc([N+](=O)[O-])c1NC(=O)C(F)(F)F. The number of nitro benzene ring substituents is 1. The molecule has 0 aliphatic rings. The number of halogens is 3. The minimum Gasteiger partial charge on any atom is -0.435 e. The molecule has 1 N–H and O–H groups in total. The molecular formula is C19H14F3N3O6. The van der Waals surface area contributed by atoms with Crippen molar-refractivity contribution in [2.75, 3.05) is 18.5 Å². The zero-order valence-electron chi connectivity index (χ0n) is 15.9. The Morgan fingerprint density at radius 2 is 2.00 bits per heavy atom. The first-order valence-electron chi connectivity index (χ1n) is 8.53. The Labute approximate surface area is 173 Å². The Morgan fingerprint density at radius 3 is 2.58 bits per heavy atom. The number of aromatic nitrogens is 1. The van der Waals surface area contributed by atoms with Crippen LogP contribution in [0.4, 0.5) is 29.3 Å². The Kier molecular flexibility index (Phi) is 7.51. The van der Waals surface area contributed by atoms with Crippen LogP contribution in [-0.4, -0.2) is 41.4 Å². The third-order valence-electron chi connectivity index (χ3n) is 3.55. The van der Waals surface area contributed by atoms with E-state index in [9.17, 15) is 32.9 Å². The van der Waals surface area contributed by atoms with E-state index in [0.29, 0.717) is 5.56 Å². The molecule has 0 aliphatic carbocycles. The van der Waals surface area contributed by atoms with Crippen LogP contribution in [0.2, 0.25) is 0 Å². The van der Waals surface area contributed by atoms with Gasteiger partial charge in [0, 0.05) is 24.0 Å². The molecule has 162 valence electrons. The molecule has 1 aromatic carbocycles. The van der Waals surface area contributed by atoms with Crippen molar-refractivity contribution in [1.29, 1.82) is 0 Å². The predicted octanol–water partition coefficient (Wildman–Crippen LogP) is 3.68. The fourth-order valence-corrected chi connectivity index (χ4v) is 2.27. The summed E-state index contributed by atoms with van der Waals surface area (Å²) in [6.45, 7) is 1.10. The fraction of sp³-hybridized carbons (Fsp3) is 0.211. The van der Waals surface area contributed by atoms with Crippen molar-refractivity contribution < 1.29 is 37.2 Å². The number of anilines is 1. The summed E-state index contributed by atoms with van der Waals surface area (Å²) in [4.78, 5) is 37.0. The van der Waals surface area contributed by atoms with Gasteiger partial charge in [-0.05, 0) is 24.6 Å². The summed E-state index contributed by atoms with van der Waals surface area (Å²) in [5.74, 6) is 2.32. The first kappa shape index (κ1) is 23.1. The smallest absolute Gasteiger partial charge is 0.435 e. The number of hydrogen-bond acceptors (Lipinski definition) is 7. The molecule has 31 heavy (non-hydrogen) atoms. The lowest BCUT2D eigenvalue weighted by molar-refractivity contribution is -0.383. The van der Waals surface area contributed by atoms with E-state index in [2.05, 4.69) is 26.3 Å². The van der Waals surface area contributed by atoms with E-state index >= 15 is 0 Å². The maximum absolute atomic E-state index is 12.7. The van der Waals surface area contributed by atoms with E-state index in [1.54, 1.807) is 19.1 Å². The highest BCUT2D eigenvalue weighted by Crippen LogP contribution is 2.35. The van der Waals surface area contributed by atoms with E-state index in [0.717, 1.165) is 6.07 Å². The first-order valence-corrected chi connectivity index (χ1v) is 8.53. The summed E-state index contributed by atoms with van der Waals surface area (Å²) < 4.78 is 47.3. The van der Waals surface area contributed by atoms with E-state index in [1.165, 1.54) is 23.8 Å². The Morgan fingerprint density at radius 1 is 1.26 bits per heavy atom. The van der Waals surface area contributed by atoms with Gasteiger partial charge in [-0.2, -0.15) is 13.2 Å². The molecular weight excluding hydrogens is 423 g/mol. The number of carbonyl (C=O) groups is 2. The molecule has 0 atom stereocenters. The van der Waals surface area contributed by atoms with Crippen LogP contribution in [0.3, 0.4) is 0 Å². The number of nitrogens with one attached hydrogen (secondary N) is 1. The first-order chi connectivity index (χ1) is 14.6. The molecule has 0 bridgehead atoms. The topological polar surface area (TPSA) is 121 Å². The van der Waals surface area contributed by atoms with Gasteiger partial charge in [-0.1, -0.05) is 17.9 Å². The summed E-state index contributed by atoms with van der Waals surface area (Å²) in [5.41, 5.74) is -1.21. The van der Waals surface area contributed by atoms with Crippen molar-refractivity contribution in [3.05, 3.63) is 52.3 Å². The second kappa shape index (κ2) is 10.1. The minimum absolute atomic E-state index is 0.0548. The lowest BCUT2D eigenvalue weighted by atomic mass is 10.0. The van der Waals surface area contributed by atoms with Gasteiger partial charge in [-0.15, -0.1) is 0 Å². The van der Waals surface area contributed by atoms with Crippen molar-refractivity contribution in [1.82, 2.24) is 4.98 Å². The zero-order valence-corrected chi connectivity index (χ0v) is 15.9. The second-order valence-electron chi connectivity index (χ2n) is 5.64. The van der Waals surface area contributed by atoms with Gasteiger partial charge in [0.05, 0.1) is 17.1 Å². The van der Waals surface area contributed by atoms with Gasteiger partial charge < -0.3 is 14.8 Å². The standard InChI is InChI=1S/C19H14F3N3O6/c1-2-30-18(27)31-8-4-6-12-9-14(13-5-3-7-23-11-13)10-15(25(28)29)16(12)24-17(26)19(20,21)22/h3,5,7,9-11H,2,8H2,1H3,(H,24,26). The van der Waals surface area contributed by atoms with Crippen molar-refractivity contribution >= 4 is 23.4 Å². The van der Waals surface area contributed by atoms with Crippen LogP contribution in [0.15, 0.2) is 36.7 Å². The monoisotopic (exact) mass is 437 g/mol. The number of benzene rings is 1. The summed E-state index contributed by atoms with van der Waals surface area (Å²) in [5, 5.41) is 13.0. The van der Waals surface area contributed by atoms with Crippen LogP contribution in [0.1, 0.15) is 12.5 Å². The third-order valence-corrected chi connectivity index (χ3v) is 3.55. The van der Waals surface area contributed by atoms with Gasteiger partial charge in [-0.25, -0.2) is 4.79 Å². The van der Waals surface area contributed by atoms with Crippen LogP contribution in [0.5, 0.6) is 0 Å². The molecule has 1 amide bonds. The number of nitro groups is 1. The highest BCUT2D eigenvalue weighted by Gasteiger charge is 2.40. The van der Waals surface area contributed by atoms with Gasteiger partial charge in [0.2, 0.25) is 0 Å². The lowest BCUT2D eigenvalue weighted by Crippen LogP contribution is -2.30. The van der Waals surface area contributed by atoms with Crippen LogP contribution >= 0.6 is 0 Å². The Bertz CT molecular complexity index is 1050. The fourth-order valence-electron chi connectivity index (χ4n) is 2.27. The number of hydrogen-bond donors (Lipinski definition) is 1. The third kappa shape index (κ3) is 6.43. The summed E-state index contributed by atoms with van der Waals surface area (Å²) >= 11 is 0. The number of nitrogens with zero attached hydrogens (tertiary/aromatic N) is 2. The number of pyridine rings is 1. The van der Waals surface area contributed by atoms with Crippen LogP contribution in [0.25, 0.3) is 11.1 Å². The maximum atomic E-state index is 12.7. The van der Waals surface area contributed by atoms with Crippen molar-refractivity contribution in [3.8, 4) is 23.0 Å². The second-order valence-corrected chi connectivity index (χ2v) is 5.64. The highest BCUT2D eigenvalue weighted by molar-refractivity contribution is 5.99. The normalized spacial score (nSPS) is 10.5. The number of carbonyl (C=O) groups excluding carboxylic acids is 2. The zero-order chi connectivity index (χ0) is 23.0. The number of rotatable bonds is 5. The van der Waals surface area contributed by atoms with E-state index in [-0.39, 0.29) is 17.7 Å². The van der Waals surface area contributed by atoms with E-state index in [4.69, 9.17) is 0 Å². The summed E-state index contributed by atoms with van der Waals surface area (Å²) in [6.07, 6.45) is -3.46. The Balaban J connectivity index is 2.54. The van der Waals surface area contributed by atoms with Crippen molar-refractivity contribution in [3.63, 3.8) is 0 Å². The van der Waals surface area contributed by atoms with Crippen LogP contribution < -0.4 is 5.32 Å². The molecule has 1 heterocycles. The molecule has 1 aromatic heterocycles. The summed E-state index contributed by atoms with van der Waals surface area (Å²) in [6, 6.07) is 5.36. The molecule has 2 aromatic rings. The van der Waals surface area contributed by atoms with Gasteiger partial charge in [0.1, 0.15) is 5.69 Å². The molecule has 0 saturated carbocycles. The Hall–Kier alpha value is -4.14. The average molecular weight is 437 g/mol. The maximum Gasteiger partial charge on any atom is 0.509 e. The number of amides is 1. The largest absolute Gasteiger partial charge is 0.509 e. The molecule has 9 nitrogen and oxygen atoms in total. The van der Waals surface area contributed by atoms with E-state index < -0.39 is 41.1 Å². The molecule has 0 saturated heterocycles. The molecule has 0 aliphatic heterocycles. The van der Waals surface area contributed by atoms with Gasteiger partial charge in [0.25, 0.3) is 5.69 Å². The van der Waals surface area contributed by atoms with Crippen molar-refractivity contribution in [2.24, 2.45) is 0 Å². The molecule has 0 fully saturated rings. The number of alkyl halides is 3. The average Bonchev–Trinajstić information content (AvgIpc) is 2.71. The number of ether oxygens (including phenoxy) is 2. The van der Waals surface area contributed by atoms with Gasteiger partial charge in [-0.3, -0.25) is 19.9 Å². The van der Waals surface area contributed by atoms with Crippen LogP contribution in [0, 0.1) is 22.0 Å². The molecule has 0 radical (unpaired) electrons. The highest BCUT2D eigenvalue weighted by atomic mass is 19.4. The van der Waals surface area contributed by atoms with E-state index in [1.807, 2.05) is 0 Å². The van der Waals surface area contributed by atoms with Gasteiger partial charge >= 0.3 is 18.2 Å². The predicted molar refractivity (Wildman–Crippen MR) is 101 cm³/mol. The molecule has 2 rings (SSSR count). The van der Waals surface area contributed by atoms with Crippen molar-refractivity contribution in [2.45, 2.75) is 13.1 Å². The lowest BCUT2D eigenvalue weighted by Gasteiger charge is -2.12. The van der Waals surface area contributed by atoms with Crippen LogP contribution in [-0.2, 0) is 14.3 Å². The van der Waals surface area contributed by atoms with Gasteiger partial charge in [0.15, 0.2) is 6.61 Å². The molecule has 12 heteroatoms. The molecule has 0 spiro atoms. The summed E-state index contributed by atoms with van der Waals surface area (Å²) in [7, 11) is 0. The molecule has 0 unspecified atom stereocenters. The quantitative estimate of drug-likeness (QED) is 0.328.